The van der Waals surface area contributed by atoms with Crippen molar-refractivity contribution in [2.45, 2.75) is 32.5 Å². The predicted molar refractivity (Wildman–Crippen MR) is 167 cm³/mol. The Hall–Kier alpha value is -4.33. The lowest BCUT2D eigenvalue weighted by Gasteiger charge is -2.15. The van der Waals surface area contributed by atoms with Crippen molar-refractivity contribution in [2.75, 3.05) is 33.4 Å². The third-order valence-electron chi connectivity index (χ3n) is 7.90. The van der Waals surface area contributed by atoms with Crippen LogP contribution < -0.4 is 14.8 Å². The number of phenols is 1. The molecule has 2 heterocycles. The zero-order chi connectivity index (χ0) is 28.7. The van der Waals surface area contributed by atoms with E-state index in [0.29, 0.717) is 19.7 Å². The molecule has 216 valence electrons. The maximum absolute atomic E-state index is 10.1. The van der Waals surface area contributed by atoms with Crippen LogP contribution in [0.15, 0.2) is 91.0 Å². The first-order chi connectivity index (χ1) is 20.7. The molecule has 0 aliphatic carbocycles. The van der Waals surface area contributed by atoms with Crippen LogP contribution in [0.25, 0.3) is 22.4 Å². The Morgan fingerprint density at radius 3 is 2.45 bits per heavy atom. The van der Waals surface area contributed by atoms with Crippen LogP contribution in [0.1, 0.15) is 29.5 Å². The quantitative estimate of drug-likeness (QED) is 0.188. The summed E-state index contributed by atoms with van der Waals surface area (Å²) >= 11 is 0. The summed E-state index contributed by atoms with van der Waals surface area (Å²) in [5.74, 6) is 2.76. The molecule has 5 aromatic rings. The number of imidazole rings is 1. The number of likely N-dealkylation sites (tertiary alicyclic amines) is 1. The van der Waals surface area contributed by atoms with Gasteiger partial charge in [-0.15, -0.1) is 0 Å². The van der Waals surface area contributed by atoms with Crippen molar-refractivity contribution in [3.05, 3.63) is 108 Å². The van der Waals surface area contributed by atoms with Gasteiger partial charge in [-0.25, -0.2) is 4.98 Å². The number of hydrogen-bond donors (Lipinski definition) is 2. The normalized spacial score (nSPS) is 13.5. The van der Waals surface area contributed by atoms with Crippen LogP contribution in [0.5, 0.6) is 17.2 Å². The molecule has 0 bridgehead atoms. The first kappa shape index (κ1) is 27.8. The molecule has 1 aliphatic heterocycles. The standard InChI is InChI=1S/C35H38N4O3/c1-41-34-21-27(9-10-29(34)24-36-23-26-7-3-2-4-8-26)25-39-33-16-13-30(40)22-32(33)37-35(39)28-11-14-31(15-12-28)42-20-19-38-17-5-6-18-38/h2-4,7-16,21-22,36,40H,5-6,17-20,23-25H2,1H3. The van der Waals surface area contributed by atoms with Crippen LogP contribution in [-0.4, -0.2) is 52.9 Å². The van der Waals surface area contributed by atoms with E-state index in [-0.39, 0.29) is 5.75 Å². The topological polar surface area (TPSA) is 71.8 Å². The van der Waals surface area contributed by atoms with Crippen molar-refractivity contribution >= 4 is 11.0 Å². The van der Waals surface area contributed by atoms with Gasteiger partial charge >= 0.3 is 0 Å². The molecule has 1 fully saturated rings. The van der Waals surface area contributed by atoms with Gasteiger partial charge in [0.25, 0.3) is 0 Å². The van der Waals surface area contributed by atoms with E-state index in [9.17, 15) is 5.11 Å². The number of aromatic nitrogens is 2. The summed E-state index contributed by atoms with van der Waals surface area (Å²) in [5, 5.41) is 13.7. The number of hydrogen-bond acceptors (Lipinski definition) is 6. The monoisotopic (exact) mass is 562 g/mol. The van der Waals surface area contributed by atoms with Crippen molar-refractivity contribution in [3.8, 4) is 28.6 Å². The largest absolute Gasteiger partial charge is 0.508 e. The number of phenolic OH excluding ortho intramolecular Hbond substituents is 1. The minimum Gasteiger partial charge on any atom is -0.508 e. The highest BCUT2D eigenvalue weighted by molar-refractivity contribution is 5.82. The number of rotatable bonds is 12. The molecule has 7 heteroatoms. The number of nitrogens with one attached hydrogen (secondary N) is 1. The third-order valence-corrected chi connectivity index (χ3v) is 7.90. The van der Waals surface area contributed by atoms with Crippen molar-refractivity contribution in [2.24, 2.45) is 0 Å². The summed E-state index contributed by atoms with van der Waals surface area (Å²) in [6.45, 7) is 6.12. The Bertz CT molecular complexity index is 1610. The van der Waals surface area contributed by atoms with Gasteiger partial charge in [-0.3, -0.25) is 4.90 Å². The van der Waals surface area contributed by atoms with Crippen LogP contribution in [0.2, 0.25) is 0 Å². The molecule has 2 N–H and O–H groups in total. The van der Waals surface area contributed by atoms with Crippen LogP contribution in [-0.2, 0) is 19.6 Å². The molecular weight excluding hydrogens is 524 g/mol. The van der Waals surface area contributed by atoms with Gasteiger partial charge in [-0.2, -0.15) is 0 Å². The molecule has 0 atom stereocenters. The molecular formula is C35H38N4O3. The Morgan fingerprint density at radius 2 is 1.67 bits per heavy atom. The first-order valence-electron chi connectivity index (χ1n) is 14.7. The fourth-order valence-corrected chi connectivity index (χ4v) is 5.65. The Morgan fingerprint density at radius 1 is 0.857 bits per heavy atom. The van der Waals surface area contributed by atoms with E-state index < -0.39 is 0 Å². The second kappa shape index (κ2) is 13.1. The molecule has 0 spiro atoms. The van der Waals surface area contributed by atoms with Crippen LogP contribution in [0, 0.1) is 0 Å². The Kier molecular flexibility index (Phi) is 8.68. The zero-order valence-corrected chi connectivity index (χ0v) is 24.1. The minimum absolute atomic E-state index is 0.203. The predicted octanol–water partition coefficient (Wildman–Crippen LogP) is 6.23. The van der Waals surface area contributed by atoms with E-state index in [1.165, 1.54) is 31.5 Å². The molecule has 0 saturated carbocycles. The first-order valence-corrected chi connectivity index (χ1v) is 14.7. The second-order valence-corrected chi connectivity index (χ2v) is 10.9. The summed E-state index contributed by atoms with van der Waals surface area (Å²) in [6, 6.07) is 30.3. The van der Waals surface area contributed by atoms with Crippen molar-refractivity contribution in [1.82, 2.24) is 19.8 Å². The SMILES string of the molecule is COc1cc(Cn2c(-c3ccc(OCCN4CCCC4)cc3)nc3cc(O)ccc32)ccc1CNCc1ccccc1. The van der Waals surface area contributed by atoms with Gasteiger partial charge < -0.3 is 24.5 Å². The van der Waals surface area contributed by atoms with Crippen LogP contribution in [0.3, 0.4) is 0 Å². The van der Waals surface area contributed by atoms with E-state index >= 15 is 0 Å². The maximum atomic E-state index is 10.1. The molecule has 1 saturated heterocycles. The summed E-state index contributed by atoms with van der Waals surface area (Å²) in [7, 11) is 1.72. The average molecular weight is 563 g/mol. The van der Waals surface area contributed by atoms with Gasteiger partial charge in [0.15, 0.2) is 0 Å². The fourth-order valence-electron chi connectivity index (χ4n) is 5.65. The molecule has 1 aromatic heterocycles. The molecule has 42 heavy (non-hydrogen) atoms. The highest BCUT2D eigenvalue weighted by Gasteiger charge is 2.16. The number of ether oxygens (including phenoxy) is 2. The molecule has 0 amide bonds. The van der Waals surface area contributed by atoms with E-state index in [4.69, 9.17) is 14.5 Å². The van der Waals surface area contributed by atoms with Gasteiger partial charge in [-0.1, -0.05) is 42.5 Å². The number of methoxy groups -OCH3 is 1. The molecule has 0 unspecified atom stereocenters. The van der Waals surface area contributed by atoms with E-state index in [1.807, 2.05) is 24.3 Å². The highest BCUT2D eigenvalue weighted by Crippen LogP contribution is 2.30. The Balaban J connectivity index is 1.20. The van der Waals surface area contributed by atoms with Gasteiger partial charge in [0.05, 0.1) is 18.1 Å². The zero-order valence-electron chi connectivity index (χ0n) is 24.1. The van der Waals surface area contributed by atoms with Crippen molar-refractivity contribution in [3.63, 3.8) is 0 Å². The summed E-state index contributed by atoms with van der Waals surface area (Å²) in [4.78, 5) is 7.38. The van der Waals surface area contributed by atoms with E-state index in [1.54, 1.807) is 19.2 Å². The van der Waals surface area contributed by atoms with Gasteiger partial charge in [0, 0.05) is 43.4 Å². The summed E-state index contributed by atoms with van der Waals surface area (Å²) in [5.41, 5.74) is 6.17. The smallest absolute Gasteiger partial charge is 0.141 e. The minimum atomic E-state index is 0.203. The van der Waals surface area contributed by atoms with Crippen molar-refractivity contribution in [1.29, 1.82) is 0 Å². The number of fused-ring (bicyclic) bond motifs is 1. The fraction of sp³-hybridized carbons (Fsp3) is 0.286. The molecule has 7 nitrogen and oxygen atoms in total. The third kappa shape index (κ3) is 6.59. The number of aromatic hydroxyl groups is 1. The maximum Gasteiger partial charge on any atom is 0.141 e. The average Bonchev–Trinajstić information content (AvgIpc) is 3.66. The number of benzene rings is 4. The van der Waals surface area contributed by atoms with Gasteiger partial charge in [0.2, 0.25) is 0 Å². The summed E-state index contributed by atoms with van der Waals surface area (Å²) < 4.78 is 14.0. The van der Waals surface area contributed by atoms with Gasteiger partial charge in [0.1, 0.15) is 29.7 Å². The molecule has 4 aromatic carbocycles. The lowest BCUT2D eigenvalue weighted by molar-refractivity contribution is 0.238. The highest BCUT2D eigenvalue weighted by atomic mass is 16.5. The Labute approximate surface area is 247 Å². The molecule has 1 aliphatic rings. The van der Waals surface area contributed by atoms with Crippen molar-refractivity contribution < 1.29 is 14.6 Å². The number of nitrogens with zero attached hydrogens (tertiary/aromatic N) is 3. The molecule has 0 radical (unpaired) electrons. The van der Waals surface area contributed by atoms with Crippen LogP contribution in [0.4, 0.5) is 0 Å². The lowest BCUT2D eigenvalue weighted by atomic mass is 10.1. The molecule has 6 rings (SSSR count). The van der Waals surface area contributed by atoms with E-state index in [0.717, 1.165) is 58.1 Å². The second-order valence-electron chi connectivity index (χ2n) is 10.9. The lowest BCUT2D eigenvalue weighted by Crippen LogP contribution is -2.25. The van der Waals surface area contributed by atoms with Crippen LogP contribution >= 0.6 is 0 Å². The van der Waals surface area contributed by atoms with E-state index in [2.05, 4.69) is 69.4 Å². The van der Waals surface area contributed by atoms with Gasteiger partial charge in [-0.05, 0) is 79.5 Å². The summed E-state index contributed by atoms with van der Waals surface area (Å²) in [6.07, 6.45) is 2.58.